The van der Waals surface area contributed by atoms with Crippen molar-refractivity contribution < 1.29 is 14.6 Å². The molecule has 3 aromatic rings. The van der Waals surface area contributed by atoms with Gasteiger partial charge in [0, 0.05) is 16.8 Å². The molecule has 29 heavy (non-hydrogen) atoms. The predicted molar refractivity (Wildman–Crippen MR) is 121 cm³/mol. The first-order chi connectivity index (χ1) is 14.1. The number of nitrogens with one attached hydrogen (secondary N) is 1. The summed E-state index contributed by atoms with van der Waals surface area (Å²) in [5, 5.41) is 22.9. The molecule has 0 fully saturated rings. The van der Waals surface area contributed by atoms with E-state index in [1.54, 1.807) is 6.07 Å². The highest BCUT2D eigenvalue weighted by Gasteiger charge is 2.27. The molecule has 4 rings (SSSR count). The van der Waals surface area contributed by atoms with Crippen molar-refractivity contribution in [2.45, 2.75) is 25.2 Å². The van der Waals surface area contributed by atoms with Crippen LogP contribution in [0.1, 0.15) is 25.6 Å². The number of fused-ring (bicyclic) bond motifs is 3. The van der Waals surface area contributed by atoms with E-state index in [0.717, 1.165) is 22.6 Å². The van der Waals surface area contributed by atoms with Gasteiger partial charge in [-0.05, 0) is 53.5 Å². The highest BCUT2D eigenvalue weighted by molar-refractivity contribution is 14.1. The van der Waals surface area contributed by atoms with Crippen LogP contribution in [-0.4, -0.2) is 32.6 Å². The Kier molecular flexibility index (Phi) is 5.95. The predicted octanol–water partition coefficient (Wildman–Crippen LogP) is 4.86. The van der Waals surface area contributed by atoms with E-state index in [0.29, 0.717) is 32.7 Å². The number of rotatable bonds is 5. The van der Waals surface area contributed by atoms with Gasteiger partial charge in [0.1, 0.15) is 0 Å². The number of phenols is 1. The molecule has 0 bridgehead atoms. The number of para-hydroxylation sites is 1. The smallest absolute Gasteiger partial charge is 0.247 e. The van der Waals surface area contributed by atoms with E-state index >= 15 is 0 Å². The fraction of sp³-hybridized carbons (Fsp3) is 0.250. The van der Waals surface area contributed by atoms with Crippen LogP contribution >= 0.6 is 34.4 Å². The number of anilines is 1. The summed E-state index contributed by atoms with van der Waals surface area (Å²) in [6.45, 7) is 4.36. The minimum atomic E-state index is -0.540. The molecule has 1 aliphatic heterocycles. The minimum Gasteiger partial charge on any atom is -0.504 e. The first kappa shape index (κ1) is 20.0. The third-order valence-electron chi connectivity index (χ3n) is 4.26. The third-order valence-corrected chi connectivity index (χ3v) is 5.80. The van der Waals surface area contributed by atoms with Crippen molar-refractivity contribution >= 4 is 40.0 Å². The fourth-order valence-corrected chi connectivity index (χ4v) is 4.13. The van der Waals surface area contributed by atoms with Crippen LogP contribution in [0.2, 0.25) is 0 Å². The van der Waals surface area contributed by atoms with Crippen LogP contribution in [0, 0.1) is 3.57 Å². The zero-order valence-corrected chi connectivity index (χ0v) is 18.8. The van der Waals surface area contributed by atoms with E-state index in [-0.39, 0.29) is 5.75 Å². The lowest BCUT2D eigenvalue weighted by molar-refractivity contribution is 0.224. The molecule has 0 radical (unpaired) electrons. The minimum absolute atomic E-state index is 0.122. The van der Waals surface area contributed by atoms with E-state index in [9.17, 15) is 5.11 Å². The first-order valence-electron chi connectivity index (χ1n) is 9.16. The Bertz CT molecular complexity index is 1050. The number of phenolic OH excluding ortho intramolecular Hbond substituents is 1. The van der Waals surface area contributed by atoms with Gasteiger partial charge < -0.3 is 19.9 Å². The number of halogens is 1. The Morgan fingerprint density at radius 2 is 2.07 bits per heavy atom. The van der Waals surface area contributed by atoms with Gasteiger partial charge in [-0.15, -0.1) is 10.2 Å². The molecule has 0 saturated heterocycles. The largest absolute Gasteiger partial charge is 0.504 e. The number of aromatic nitrogens is 3. The second-order valence-corrected chi connectivity index (χ2v) is 8.54. The van der Waals surface area contributed by atoms with Crippen LogP contribution < -0.4 is 14.8 Å². The molecule has 0 spiro atoms. The second-order valence-electron chi connectivity index (χ2n) is 6.15. The lowest BCUT2D eigenvalue weighted by Crippen LogP contribution is -2.17. The molecule has 1 aromatic heterocycles. The normalized spacial score (nSPS) is 14.8. The lowest BCUT2D eigenvalue weighted by atomic mass is 10.1. The molecule has 2 N–H and O–H groups in total. The van der Waals surface area contributed by atoms with E-state index in [4.69, 9.17) is 9.47 Å². The number of ether oxygens (including phenoxy) is 2. The van der Waals surface area contributed by atoms with Crippen molar-refractivity contribution in [1.82, 2.24) is 15.2 Å². The van der Waals surface area contributed by atoms with Crippen molar-refractivity contribution in [2.24, 2.45) is 0 Å². The summed E-state index contributed by atoms with van der Waals surface area (Å²) < 4.78 is 12.5. The summed E-state index contributed by atoms with van der Waals surface area (Å²) >= 11 is 3.59. The van der Waals surface area contributed by atoms with Gasteiger partial charge in [-0.2, -0.15) is 4.98 Å². The zero-order chi connectivity index (χ0) is 20.4. The first-order valence-corrected chi connectivity index (χ1v) is 11.2. The Morgan fingerprint density at radius 3 is 2.86 bits per heavy atom. The molecule has 1 unspecified atom stereocenters. The van der Waals surface area contributed by atoms with Crippen molar-refractivity contribution in [2.75, 3.05) is 17.7 Å². The van der Waals surface area contributed by atoms with Gasteiger partial charge in [-0.1, -0.05) is 36.9 Å². The van der Waals surface area contributed by atoms with Gasteiger partial charge in [0.15, 0.2) is 23.4 Å². The maximum absolute atomic E-state index is 10.3. The third kappa shape index (κ3) is 4.06. The van der Waals surface area contributed by atoms with Crippen molar-refractivity contribution in [3.05, 3.63) is 45.5 Å². The van der Waals surface area contributed by atoms with Crippen LogP contribution in [0.3, 0.4) is 0 Å². The molecule has 9 heteroatoms. The Hall–Kier alpha value is -2.27. The van der Waals surface area contributed by atoms with Gasteiger partial charge in [-0.25, -0.2) is 0 Å². The number of aromatic hydroxyl groups is 1. The van der Waals surface area contributed by atoms with Crippen molar-refractivity contribution in [1.29, 1.82) is 0 Å². The molecular weight excluding hydrogens is 503 g/mol. The highest BCUT2D eigenvalue weighted by Crippen LogP contribution is 2.41. The molecule has 2 heterocycles. The number of hydrogen-bond acceptors (Lipinski definition) is 8. The molecule has 0 amide bonds. The average molecular weight is 522 g/mol. The zero-order valence-electron chi connectivity index (χ0n) is 15.8. The van der Waals surface area contributed by atoms with E-state index in [1.807, 2.05) is 44.2 Å². The molecule has 150 valence electrons. The van der Waals surface area contributed by atoms with E-state index in [1.165, 1.54) is 11.8 Å². The fourth-order valence-electron chi connectivity index (χ4n) is 3.00. The highest BCUT2D eigenvalue weighted by atomic mass is 127. The number of benzene rings is 2. The Balaban J connectivity index is 1.82. The van der Waals surface area contributed by atoms with Crippen LogP contribution in [0.4, 0.5) is 5.69 Å². The Labute approximate surface area is 186 Å². The molecule has 0 saturated carbocycles. The van der Waals surface area contributed by atoms with Crippen LogP contribution in [0.15, 0.2) is 41.6 Å². The van der Waals surface area contributed by atoms with Crippen LogP contribution in [0.5, 0.6) is 17.4 Å². The summed E-state index contributed by atoms with van der Waals surface area (Å²) in [5.74, 6) is 1.79. The van der Waals surface area contributed by atoms with Gasteiger partial charge in [0.2, 0.25) is 11.0 Å². The van der Waals surface area contributed by atoms with Gasteiger partial charge in [0.25, 0.3) is 0 Å². The topological polar surface area (TPSA) is 89.4 Å². The van der Waals surface area contributed by atoms with Gasteiger partial charge in [-0.3, -0.25) is 0 Å². The van der Waals surface area contributed by atoms with E-state index < -0.39 is 6.23 Å². The summed E-state index contributed by atoms with van der Waals surface area (Å²) in [7, 11) is 0. The summed E-state index contributed by atoms with van der Waals surface area (Å²) in [5.41, 5.74) is 3.14. The monoisotopic (exact) mass is 522 g/mol. The molecule has 2 aromatic carbocycles. The summed E-state index contributed by atoms with van der Waals surface area (Å²) in [4.78, 5) is 4.58. The molecule has 1 aliphatic rings. The standard InChI is InChI=1S/C20H19IN4O3S/c1-3-27-15-10-11(9-13(21)17(15)26)18-22-14-8-6-5-7-12(14)16-19(28-18)23-20(25-24-16)29-4-2/h5-10,18,22,26H,3-4H2,1-2H3. The van der Waals surface area contributed by atoms with Crippen molar-refractivity contribution in [3.8, 4) is 28.6 Å². The lowest BCUT2D eigenvalue weighted by Gasteiger charge is -2.21. The van der Waals surface area contributed by atoms with Crippen LogP contribution in [0.25, 0.3) is 11.3 Å². The van der Waals surface area contributed by atoms with E-state index in [2.05, 4.69) is 43.1 Å². The molecule has 1 atom stereocenters. The van der Waals surface area contributed by atoms with Crippen molar-refractivity contribution in [3.63, 3.8) is 0 Å². The van der Waals surface area contributed by atoms with Gasteiger partial charge >= 0.3 is 0 Å². The second kappa shape index (κ2) is 8.62. The number of hydrogen-bond donors (Lipinski definition) is 2. The quantitative estimate of drug-likeness (QED) is 0.363. The van der Waals surface area contributed by atoms with Gasteiger partial charge in [0.05, 0.1) is 10.2 Å². The average Bonchev–Trinajstić information content (AvgIpc) is 2.88. The SMILES string of the molecule is CCOc1cc(C2Nc3ccccc3-c3nnc(SCC)nc3O2)cc(I)c1O. The number of thioether (sulfide) groups is 1. The Morgan fingerprint density at radius 1 is 1.24 bits per heavy atom. The molecule has 7 nitrogen and oxygen atoms in total. The molecule has 0 aliphatic carbocycles. The summed E-state index contributed by atoms with van der Waals surface area (Å²) in [6, 6.07) is 11.5. The molecular formula is C20H19IN4O3S. The summed E-state index contributed by atoms with van der Waals surface area (Å²) in [6.07, 6.45) is -0.540. The van der Waals surface area contributed by atoms with Crippen LogP contribution in [-0.2, 0) is 0 Å². The number of nitrogens with zero attached hydrogens (tertiary/aromatic N) is 3. The maximum atomic E-state index is 10.3. The maximum Gasteiger partial charge on any atom is 0.247 e.